The molecule has 178 valence electrons. The standard InChI is InChI=1S/C28H39N2O3/c1-30(20-10-17-25-16-8-9-19-29-25)21-11-18-26(22-30)33-27(31)28(32,23-12-4-2-5-13-23)24-14-6-3-7-15-24/h2,4-5,8-9,12-13,16,19,24,26,32H,3,6-7,10-11,14-15,17-18,20-22H2,1H3/q+1. The number of aliphatic hydroxyl groups is 1. The van der Waals surface area contributed by atoms with Gasteiger partial charge >= 0.3 is 5.97 Å². The first-order valence-electron chi connectivity index (χ1n) is 12.7. The predicted molar refractivity (Wildman–Crippen MR) is 129 cm³/mol. The Kier molecular flexibility index (Phi) is 7.82. The van der Waals surface area contributed by atoms with Gasteiger partial charge in [0.25, 0.3) is 0 Å². The van der Waals surface area contributed by atoms with Gasteiger partial charge in [-0.25, -0.2) is 4.79 Å². The van der Waals surface area contributed by atoms with E-state index in [1.807, 2.05) is 48.7 Å². The largest absolute Gasteiger partial charge is 0.454 e. The van der Waals surface area contributed by atoms with E-state index in [-0.39, 0.29) is 12.0 Å². The number of likely N-dealkylation sites (N-methyl/N-ethyl adjacent to an activating group) is 1. The number of quaternary nitrogens is 1. The summed E-state index contributed by atoms with van der Waals surface area (Å²) in [5.41, 5.74) is 0.247. The second kappa shape index (κ2) is 10.8. The van der Waals surface area contributed by atoms with Gasteiger partial charge in [0.15, 0.2) is 11.7 Å². The normalized spacial score (nSPS) is 25.8. The highest BCUT2D eigenvalue weighted by Gasteiger charge is 2.48. The topological polar surface area (TPSA) is 59.4 Å². The number of hydrogen-bond donors (Lipinski definition) is 1. The molecule has 1 aliphatic carbocycles. The van der Waals surface area contributed by atoms with Gasteiger partial charge < -0.3 is 14.3 Å². The molecule has 0 bridgehead atoms. The Labute approximate surface area is 198 Å². The molecular weight excluding hydrogens is 412 g/mol. The van der Waals surface area contributed by atoms with Crippen LogP contribution in [0.4, 0.5) is 0 Å². The number of likely N-dealkylation sites (tertiary alicyclic amines) is 1. The van der Waals surface area contributed by atoms with Crippen molar-refractivity contribution in [2.45, 2.75) is 69.5 Å². The van der Waals surface area contributed by atoms with Crippen molar-refractivity contribution in [3.05, 3.63) is 66.0 Å². The Morgan fingerprint density at radius 2 is 1.82 bits per heavy atom. The predicted octanol–water partition coefficient (Wildman–Crippen LogP) is 4.63. The number of pyridine rings is 1. The fourth-order valence-electron chi connectivity index (χ4n) is 5.84. The molecule has 3 unspecified atom stereocenters. The minimum absolute atomic E-state index is 0.0796. The van der Waals surface area contributed by atoms with Crippen molar-refractivity contribution in [1.82, 2.24) is 4.98 Å². The highest BCUT2D eigenvalue weighted by atomic mass is 16.6. The van der Waals surface area contributed by atoms with Crippen LogP contribution < -0.4 is 0 Å². The lowest BCUT2D eigenvalue weighted by Gasteiger charge is -2.42. The summed E-state index contributed by atoms with van der Waals surface area (Å²) in [7, 11) is 2.27. The van der Waals surface area contributed by atoms with Gasteiger partial charge in [-0.1, -0.05) is 55.7 Å². The lowest BCUT2D eigenvalue weighted by Crippen LogP contribution is -2.55. The molecule has 2 heterocycles. The number of benzene rings is 1. The van der Waals surface area contributed by atoms with Crippen molar-refractivity contribution in [2.75, 3.05) is 26.7 Å². The Morgan fingerprint density at radius 3 is 2.55 bits per heavy atom. The lowest BCUT2D eigenvalue weighted by atomic mass is 9.73. The molecule has 3 atom stereocenters. The molecule has 1 N–H and O–H groups in total. The van der Waals surface area contributed by atoms with Crippen LogP contribution in [0, 0.1) is 5.92 Å². The zero-order chi connectivity index (χ0) is 23.2. The highest BCUT2D eigenvalue weighted by molar-refractivity contribution is 5.81. The van der Waals surface area contributed by atoms with Crippen LogP contribution in [0.1, 0.15) is 62.6 Å². The molecule has 1 saturated heterocycles. The summed E-state index contributed by atoms with van der Waals surface area (Å²) < 4.78 is 7.01. The minimum atomic E-state index is -1.55. The van der Waals surface area contributed by atoms with E-state index >= 15 is 0 Å². The van der Waals surface area contributed by atoms with E-state index < -0.39 is 11.6 Å². The zero-order valence-corrected chi connectivity index (χ0v) is 20.0. The van der Waals surface area contributed by atoms with Gasteiger partial charge in [0, 0.05) is 30.7 Å². The first kappa shape index (κ1) is 23.9. The Hall–Kier alpha value is -2.24. The lowest BCUT2D eigenvalue weighted by molar-refractivity contribution is -0.917. The van der Waals surface area contributed by atoms with E-state index in [9.17, 15) is 9.90 Å². The average Bonchev–Trinajstić information content (AvgIpc) is 2.85. The molecule has 33 heavy (non-hydrogen) atoms. The van der Waals surface area contributed by atoms with Gasteiger partial charge in [0.1, 0.15) is 6.54 Å². The number of nitrogens with zero attached hydrogens (tertiary/aromatic N) is 2. The number of hydrogen-bond acceptors (Lipinski definition) is 4. The van der Waals surface area contributed by atoms with Crippen molar-refractivity contribution in [1.29, 1.82) is 0 Å². The number of ether oxygens (including phenoxy) is 1. The second-order valence-corrected chi connectivity index (χ2v) is 10.3. The third-order valence-electron chi connectivity index (χ3n) is 7.72. The van der Waals surface area contributed by atoms with E-state index in [4.69, 9.17) is 4.74 Å². The summed E-state index contributed by atoms with van der Waals surface area (Å²) in [4.78, 5) is 18.0. The molecule has 0 spiro atoms. The van der Waals surface area contributed by atoms with E-state index in [0.29, 0.717) is 5.56 Å². The quantitative estimate of drug-likeness (QED) is 0.469. The average molecular weight is 452 g/mol. The van der Waals surface area contributed by atoms with Crippen LogP contribution >= 0.6 is 0 Å². The molecule has 4 rings (SSSR count). The number of piperidine rings is 1. The Morgan fingerprint density at radius 1 is 1.06 bits per heavy atom. The summed E-state index contributed by atoms with van der Waals surface area (Å²) in [5.74, 6) is -0.531. The summed E-state index contributed by atoms with van der Waals surface area (Å²) in [6.07, 6.45) is 10.7. The van der Waals surface area contributed by atoms with Crippen molar-refractivity contribution >= 4 is 5.97 Å². The molecule has 1 saturated carbocycles. The summed E-state index contributed by atoms with van der Waals surface area (Å²) in [6, 6.07) is 15.5. The molecule has 1 aliphatic heterocycles. The number of carbonyl (C=O) groups is 1. The molecule has 2 aliphatic rings. The van der Waals surface area contributed by atoms with E-state index in [0.717, 1.165) is 81.2 Å². The SMILES string of the molecule is C[N+]1(CCCc2ccccn2)CCCC(OC(=O)C(O)(c2ccccc2)C2CCCCC2)C1. The summed E-state index contributed by atoms with van der Waals surface area (Å²) in [5, 5.41) is 11.8. The fraction of sp³-hybridized carbons (Fsp3) is 0.571. The number of esters is 1. The third kappa shape index (κ3) is 5.82. The Balaban J connectivity index is 1.41. The van der Waals surface area contributed by atoms with E-state index in [2.05, 4.69) is 18.1 Å². The molecule has 1 aromatic carbocycles. The molecule has 1 aromatic heterocycles. The van der Waals surface area contributed by atoms with Gasteiger partial charge in [-0.2, -0.15) is 0 Å². The Bertz CT molecular complexity index is 885. The van der Waals surface area contributed by atoms with E-state index in [1.165, 1.54) is 6.42 Å². The zero-order valence-electron chi connectivity index (χ0n) is 20.0. The number of carbonyl (C=O) groups excluding carboxylic acids is 1. The van der Waals surface area contributed by atoms with Gasteiger partial charge in [-0.05, 0) is 43.4 Å². The molecule has 0 amide bonds. The summed E-state index contributed by atoms with van der Waals surface area (Å²) >= 11 is 0. The molecule has 2 fully saturated rings. The van der Waals surface area contributed by atoms with Crippen molar-refractivity contribution in [2.24, 2.45) is 5.92 Å². The van der Waals surface area contributed by atoms with E-state index in [1.54, 1.807) is 0 Å². The van der Waals surface area contributed by atoms with Gasteiger partial charge in [-0.15, -0.1) is 0 Å². The highest BCUT2D eigenvalue weighted by Crippen LogP contribution is 2.41. The molecule has 0 radical (unpaired) electrons. The van der Waals surface area contributed by atoms with Gasteiger partial charge in [-0.3, -0.25) is 4.98 Å². The van der Waals surface area contributed by atoms with Crippen LogP contribution in [-0.4, -0.2) is 53.3 Å². The maximum absolute atomic E-state index is 13.6. The number of rotatable bonds is 8. The van der Waals surface area contributed by atoms with Gasteiger partial charge in [0.05, 0.1) is 20.1 Å². The first-order valence-corrected chi connectivity index (χ1v) is 12.7. The van der Waals surface area contributed by atoms with Crippen molar-refractivity contribution in [3.8, 4) is 0 Å². The maximum Gasteiger partial charge on any atom is 0.343 e. The molecule has 5 heteroatoms. The van der Waals surface area contributed by atoms with Crippen LogP contribution in [0.3, 0.4) is 0 Å². The number of aromatic nitrogens is 1. The van der Waals surface area contributed by atoms with Gasteiger partial charge in [0.2, 0.25) is 0 Å². The monoisotopic (exact) mass is 451 g/mol. The fourth-order valence-corrected chi connectivity index (χ4v) is 5.84. The minimum Gasteiger partial charge on any atom is -0.454 e. The molecule has 5 nitrogen and oxygen atoms in total. The van der Waals surface area contributed by atoms with Crippen LogP contribution in [0.25, 0.3) is 0 Å². The summed E-state index contributed by atoms with van der Waals surface area (Å²) in [6.45, 7) is 2.95. The maximum atomic E-state index is 13.6. The second-order valence-electron chi connectivity index (χ2n) is 10.3. The smallest absolute Gasteiger partial charge is 0.343 e. The third-order valence-corrected chi connectivity index (χ3v) is 7.72. The van der Waals surface area contributed by atoms with Crippen LogP contribution in [0.5, 0.6) is 0 Å². The van der Waals surface area contributed by atoms with Crippen LogP contribution in [-0.2, 0) is 21.6 Å². The molecule has 2 aromatic rings. The van der Waals surface area contributed by atoms with Crippen molar-refractivity contribution in [3.63, 3.8) is 0 Å². The van der Waals surface area contributed by atoms with Crippen LogP contribution in [0.15, 0.2) is 54.7 Å². The van der Waals surface area contributed by atoms with Crippen molar-refractivity contribution < 1.29 is 19.1 Å². The number of aryl methyl sites for hydroxylation is 1. The first-order chi connectivity index (χ1) is 16.0. The molecular formula is C28H39N2O3+. The van der Waals surface area contributed by atoms with Crippen LogP contribution in [0.2, 0.25) is 0 Å².